The quantitative estimate of drug-likeness (QED) is 0.625. The molecule has 0 spiro atoms. The van der Waals surface area contributed by atoms with Gasteiger partial charge in [-0.3, -0.25) is 4.79 Å². The van der Waals surface area contributed by atoms with Crippen LogP contribution in [0, 0.1) is 5.92 Å². The Morgan fingerprint density at radius 2 is 1.97 bits per heavy atom. The molecule has 33 heavy (non-hydrogen) atoms. The summed E-state index contributed by atoms with van der Waals surface area (Å²) in [5.41, 5.74) is 4.93. The lowest BCUT2D eigenvalue weighted by molar-refractivity contribution is -0.119. The van der Waals surface area contributed by atoms with E-state index in [-0.39, 0.29) is 17.9 Å². The summed E-state index contributed by atoms with van der Waals surface area (Å²) in [6.07, 6.45) is 4.60. The summed E-state index contributed by atoms with van der Waals surface area (Å²) in [6.45, 7) is 6.04. The minimum absolute atomic E-state index is 0.0886. The number of ether oxygens (including phenoxy) is 2. The number of anilines is 1. The highest BCUT2D eigenvalue weighted by molar-refractivity contribution is 5.85. The highest BCUT2D eigenvalue weighted by atomic mass is 16.5. The molecule has 2 aromatic heterocycles. The second-order valence-corrected chi connectivity index (χ2v) is 9.30. The number of carbonyl (C=O) groups excluding carboxylic acids is 1. The molecule has 6 rings (SSSR count). The fraction of sp³-hybridized carbons (Fsp3) is 0.480. The van der Waals surface area contributed by atoms with Crippen LogP contribution in [0.25, 0.3) is 22.3 Å². The Bertz CT molecular complexity index is 1160. The van der Waals surface area contributed by atoms with Gasteiger partial charge in [0.15, 0.2) is 0 Å². The number of rotatable bonds is 6. The van der Waals surface area contributed by atoms with Crippen LogP contribution in [0.1, 0.15) is 32.2 Å². The summed E-state index contributed by atoms with van der Waals surface area (Å²) >= 11 is 0. The van der Waals surface area contributed by atoms with Crippen molar-refractivity contribution in [2.75, 3.05) is 37.7 Å². The number of nitrogens with zero attached hydrogens (tertiary/aromatic N) is 4. The number of hydrogen-bond donors (Lipinski definition) is 1. The van der Waals surface area contributed by atoms with Crippen molar-refractivity contribution < 1.29 is 14.3 Å². The molecule has 2 atom stereocenters. The van der Waals surface area contributed by atoms with Crippen LogP contribution in [0.15, 0.2) is 36.7 Å². The molecule has 1 aromatic carbocycles. The monoisotopic (exact) mass is 447 g/mol. The van der Waals surface area contributed by atoms with E-state index in [4.69, 9.17) is 14.5 Å². The summed E-state index contributed by atoms with van der Waals surface area (Å²) in [5.74, 6) is 0.838. The van der Waals surface area contributed by atoms with Gasteiger partial charge < -0.3 is 24.3 Å². The topological polar surface area (TPSA) is 81.5 Å². The van der Waals surface area contributed by atoms with Gasteiger partial charge in [-0.2, -0.15) is 0 Å². The van der Waals surface area contributed by atoms with E-state index in [0.29, 0.717) is 24.9 Å². The van der Waals surface area contributed by atoms with Gasteiger partial charge in [0.25, 0.3) is 0 Å². The Morgan fingerprint density at radius 1 is 1.18 bits per heavy atom. The van der Waals surface area contributed by atoms with E-state index < -0.39 is 0 Å². The van der Waals surface area contributed by atoms with Crippen LogP contribution in [0.4, 0.5) is 5.69 Å². The number of imidazole rings is 1. The smallest absolute Gasteiger partial charge is 0.241 e. The first-order valence-corrected chi connectivity index (χ1v) is 11.9. The number of nitrogens with one attached hydrogen (secondary N) is 1. The molecule has 3 aliphatic rings. The van der Waals surface area contributed by atoms with Gasteiger partial charge in [0.1, 0.15) is 11.6 Å². The van der Waals surface area contributed by atoms with E-state index in [1.807, 2.05) is 13.3 Å². The molecule has 1 unspecified atom stereocenters. The Balaban J connectivity index is 1.33. The molecule has 8 nitrogen and oxygen atoms in total. The van der Waals surface area contributed by atoms with Gasteiger partial charge in [0, 0.05) is 49.3 Å². The summed E-state index contributed by atoms with van der Waals surface area (Å²) in [5, 5.41) is 2.91. The molecule has 4 heterocycles. The second-order valence-electron chi connectivity index (χ2n) is 9.30. The molecule has 172 valence electrons. The standard InChI is InChI=1S/C25H29N5O3/c1-16(18-12-23(31)26-14-18)33-25-24-22(27-15-30(24)20-6-7-20)13-21(28-25)17-2-4-19(5-3-17)29-8-10-32-11-9-29/h2-5,13,15-16,18,20H,6-12,14H2,1H3,(H,26,31)/t16-,18?/m1/s1. The predicted molar refractivity (Wildman–Crippen MR) is 125 cm³/mol. The van der Waals surface area contributed by atoms with Crippen molar-refractivity contribution in [1.82, 2.24) is 19.9 Å². The van der Waals surface area contributed by atoms with Crippen LogP contribution in [-0.2, 0) is 9.53 Å². The summed E-state index contributed by atoms with van der Waals surface area (Å²) in [6, 6.07) is 11.1. The molecular weight excluding hydrogens is 418 g/mol. The van der Waals surface area contributed by atoms with E-state index in [1.165, 1.54) is 5.69 Å². The molecule has 2 aliphatic heterocycles. The normalized spacial score (nSPS) is 21.9. The molecule has 1 aliphatic carbocycles. The average Bonchev–Trinajstić information content (AvgIpc) is 3.45. The van der Waals surface area contributed by atoms with Gasteiger partial charge >= 0.3 is 0 Å². The Labute approximate surface area is 192 Å². The second kappa shape index (κ2) is 8.33. The number of fused-ring (bicyclic) bond motifs is 1. The summed E-state index contributed by atoms with van der Waals surface area (Å²) < 4.78 is 14.1. The average molecular weight is 448 g/mol. The van der Waals surface area contributed by atoms with Crippen molar-refractivity contribution in [2.24, 2.45) is 5.92 Å². The van der Waals surface area contributed by atoms with Crippen LogP contribution in [-0.4, -0.2) is 59.4 Å². The van der Waals surface area contributed by atoms with Gasteiger partial charge in [-0.1, -0.05) is 12.1 Å². The van der Waals surface area contributed by atoms with Crippen LogP contribution in [0.5, 0.6) is 5.88 Å². The summed E-state index contributed by atoms with van der Waals surface area (Å²) in [4.78, 5) is 23.7. The van der Waals surface area contributed by atoms with Crippen molar-refractivity contribution in [3.63, 3.8) is 0 Å². The van der Waals surface area contributed by atoms with E-state index in [9.17, 15) is 4.79 Å². The first kappa shape index (κ1) is 20.5. The number of aromatic nitrogens is 3. The Hall–Kier alpha value is -3.13. The van der Waals surface area contributed by atoms with Crippen LogP contribution < -0.4 is 15.0 Å². The molecular formula is C25H29N5O3. The fourth-order valence-electron chi connectivity index (χ4n) is 4.78. The van der Waals surface area contributed by atoms with Crippen LogP contribution >= 0.6 is 0 Å². The van der Waals surface area contributed by atoms with Crippen molar-refractivity contribution in [3.8, 4) is 17.1 Å². The van der Waals surface area contributed by atoms with E-state index in [1.54, 1.807) is 0 Å². The first-order valence-electron chi connectivity index (χ1n) is 11.9. The van der Waals surface area contributed by atoms with Crippen molar-refractivity contribution in [1.29, 1.82) is 0 Å². The van der Waals surface area contributed by atoms with Gasteiger partial charge in [0.05, 0.1) is 30.8 Å². The largest absolute Gasteiger partial charge is 0.473 e. The van der Waals surface area contributed by atoms with E-state index >= 15 is 0 Å². The van der Waals surface area contributed by atoms with E-state index in [2.05, 4.69) is 50.1 Å². The Kier molecular flexibility index (Phi) is 5.17. The fourth-order valence-corrected chi connectivity index (χ4v) is 4.78. The zero-order valence-corrected chi connectivity index (χ0v) is 18.9. The number of carbonyl (C=O) groups is 1. The number of benzene rings is 1. The molecule has 3 fully saturated rings. The van der Waals surface area contributed by atoms with Gasteiger partial charge in [-0.25, -0.2) is 9.97 Å². The highest BCUT2D eigenvalue weighted by Crippen LogP contribution is 2.40. The van der Waals surface area contributed by atoms with Crippen LogP contribution in [0.3, 0.4) is 0 Å². The van der Waals surface area contributed by atoms with Crippen molar-refractivity contribution >= 4 is 22.6 Å². The third-order valence-electron chi connectivity index (χ3n) is 6.97. The zero-order chi connectivity index (χ0) is 22.4. The molecule has 3 aromatic rings. The zero-order valence-electron chi connectivity index (χ0n) is 18.9. The first-order chi connectivity index (χ1) is 16.2. The molecule has 1 amide bonds. The number of amides is 1. The van der Waals surface area contributed by atoms with Crippen molar-refractivity contribution in [3.05, 3.63) is 36.7 Å². The third-order valence-corrected chi connectivity index (χ3v) is 6.97. The lowest BCUT2D eigenvalue weighted by Gasteiger charge is -2.28. The molecule has 1 N–H and O–H groups in total. The third kappa shape index (κ3) is 4.04. The molecule has 2 saturated heterocycles. The van der Waals surface area contributed by atoms with Crippen LogP contribution in [0.2, 0.25) is 0 Å². The summed E-state index contributed by atoms with van der Waals surface area (Å²) in [7, 11) is 0. The number of pyridine rings is 1. The maximum absolute atomic E-state index is 11.7. The molecule has 1 saturated carbocycles. The maximum atomic E-state index is 11.7. The van der Waals surface area contributed by atoms with Gasteiger partial charge in [-0.05, 0) is 38.0 Å². The number of morpholine rings is 1. The van der Waals surface area contributed by atoms with Gasteiger partial charge in [-0.15, -0.1) is 0 Å². The number of hydrogen-bond acceptors (Lipinski definition) is 6. The van der Waals surface area contributed by atoms with Gasteiger partial charge in [0.2, 0.25) is 11.8 Å². The minimum atomic E-state index is -0.124. The molecule has 0 bridgehead atoms. The Morgan fingerprint density at radius 3 is 2.67 bits per heavy atom. The SMILES string of the molecule is C[C@@H](Oc1nc(-c2ccc(N3CCOCC3)cc2)cc2ncn(C3CC3)c12)C1CNC(=O)C1. The maximum Gasteiger partial charge on any atom is 0.241 e. The molecule has 8 heteroatoms. The predicted octanol–water partition coefficient (Wildman–Crippen LogP) is 3.17. The van der Waals surface area contributed by atoms with E-state index in [0.717, 1.165) is 61.4 Å². The van der Waals surface area contributed by atoms with Crippen molar-refractivity contribution in [2.45, 2.75) is 38.3 Å². The minimum Gasteiger partial charge on any atom is -0.473 e. The highest BCUT2D eigenvalue weighted by Gasteiger charge is 2.31. The lowest BCUT2D eigenvalue weighted by atomic mass is 10.0. The molecule has 0 radical (unpaired) electrons. The lowest BCUT2D eigenvalue weighted by Crippen LogP contribution is -2.36.